The molecule has 1 saturated heterocycles. The summed E-state index contributed by atoms with van der Waals surface area (Å²) in [5, 5.41) is 12.5. The maximum absolute atomic E-state index is 12.4. The molecule has 0 bridgehead atoms. The highest BCUT2D eigenvalue weighted by atomic mass is 16.7. The maximum Gasteiger partial charge on any atom is 0.253 e. The number of aliphatic hydroxyl groups is 1. The number of hydrogen-bond donors (Lipinski definition) is 2. The molecule has 3 aromatic carbocycles. The first-order valence-electron chi connectivity index (χ1n) is 14.0. The van der Waals surface area contributed by atoms with E-state index < -0.39 is 6.29 Å². The number of aromatic nitrogens is 1. The molecule has 7 heteroatoms. The van der Waals surface area contributed by atoms with Crippen molar-refractivity contribution in [3.8, 4) is 0 Å². The van der Waals surface area contributed by atoms with Crippen molar-refractivity contribution < 1.29 is 19.4 Å². The van der Waals surface area contributed by atoms with Gasteiger partial charge >= 0.3 is 0 Å². The highest BCUT2D eigenvalue weighted by molar-refractivity contribution is 5.93. The van der Waals surface area contributed by atoms with Gasteiger partial charge in [0.25, 0.3) is 5.91 Å². The SMILES string of the molecule is CC1C(CN(C)Cc2ccccc2)OC(c2ccc(CNC(=O)c3cccnc3)cc2)OC1c1ccc(CO)cc1. The molecule has 4 atom stereocenters. The first kappa shape index (κ1) is 28.6. The Balaban J connectivity index is 1.30. The lowest BCUT2D eigenvalue weighted by Gasteiger charge is -2.42. The molecule has 41 heavy (non-hydrogen) atoms. The van der Waals surface area contributed by atoms with Crippen LogP contribution in [0.15, 0.2) is 103 Å². The van der Waals surface area contributed by atoms with E-state index >= 15 is 0 Å². The van der Waals surface area contributed by atoms with E-state index in [2.05, 4.69) is 53.4 Å². The summed E-state index contributed by atoms with van der Waals surface area (Å²) < 4.78 is 13.2. The molecule has 1 aromatic heterocycles. The second-order valence-corrected chi connectivity index (χ2v) is 10.7. The smallest absolute Gasteiger partial charge is 0.253 e. The molecule has 0 radical (unpaired) electrons. The summed E-state index contributed by atoms with van der Waals surface area (Å²) in [6.45, 7) is 4.17. The molecule has 7 nitrogen and oxygen atoms in total. The minimum Gasteiger partial charge on any atom is -0.392 e. The van der Waals surface area contributed by atoms with Gasteiger partial charge in [0.05, 0.1) is 24.4 Å². The van der Waals surface area contributed by atoms with E-state index in [-0.39, 0.29) is 30.6 Å². The van der Waals surface area contributed by atoms with Crippen molar-refractivity contribution in [2.75, 3.05) is 13.6 Å². The van der Waals surface area contributed by atoms with Gasteiger partial charge in [-0.05, 0) is 41.4 Å². The lowest BCUT2D eigenvalue weighted by molar-refractivity contribution is -0.276. The van der Waals surface area contributed by atoms with Gasteiger partial charge in [0.15, 0.2) is 6.29 Å². The van der Waals surface area contributed by atoms with Crippen LogP contribution in [-0.2, 0) is 29.2 Å². The quantitative estimate of drug-likeness (QED) is 0.274. The molecule has 1 aliphatic heterocycles. The second-order valence-electron chi connectivity index (χ2n) is 10.7. The molecule has 2 heterocycles. The van der Waals surface area contributed by atoms with Gasteiger partial charge in [0.2, 0.25) is 0 Å². The van der Waals surface area contributed by atoms with Crippen molar-refractivity contribution in [3.63, 3.8) is 0 Å². The number of hydrogen-bond acceptors (Lipinski definition) is 6. The zero-order valence-electron chi connectivity index (χ0n) is 23.5. The molecule has 5 rings (SSSR count). The van der Waals surface area contributed by atoms with Gasteiger partial charge in [-0.2, -0.15) is 0 Å². The molecule has 1 fully saturated rings. The number of benzene rings is 3. The van der Waals surface area contributed by atoms with Gasteiger partial charge in [-0.3, -0.25) is 14.7 Å². The molecule has 212 valence electrons. The van der Waals surface area contributed by atoms with Crippen LogP contribution < -0.4 is 5.32 Å². The molecular weight excluding hydrogens is 514 g/mol. The lowest BCUT2D eigenvalue weighted by atomic mass is 9.90. The van der Waals surface area contributed by atoms with Crippen LogP contribution in [-0.4, -0.2) is 40.6 Å². The Bertz CT molecular complexity index is 1380. The molecule has 1 amide bonds. The first-order valence-corrected chi connectivity index (χ1v) is 14.0. The van der Waals surface area contributed by atoms with Crippen molar-refractivity contribution in [2.45, 2.75) is 45.1 Å². The molecule has 2 N–H and O–H groups in total. The first-order chi connectivity index (χ1) is 20.0. The number of pyridine rings is 1. The molecule has 4 aromatic rings. The van der Waals surface area contributed by atoms with Crippen molar-refractivity contribution in [1.82, 2.24) is 15.2 Å². The fraction of sp³-hybridized carbons (Fsp3) is 0.294. The van der Waals surface area contributed by atoms with Crippen LogP contribution in [0.1, 0.15) is 57.5 Å². The third-order valence-electron chi connectivity index (χ3n) is 7.54. The predicted octanol–water partition coefficient (Wildman–Crippen LogP) is 5.43. The van der Waals surface area contributed by atoms with Crippen molar-refractivity contribution in [1.29, 1.82) is 0 Å². The van der Waals surface area contributed by atoms with E-state index in [4.69, 9.17) is 9.47 Å². The van der Waals surface area contributed by atoms with Crippen LogP contribution >= 0.6 is 0 Å². The Morgan fingerprint density at radius 1 is 0.878 bits per heavy atom. The van der Waals surface area contributed by atoms with Gasteiger partial charge in [0.1, 0.15) is 0 Å². The normalized spacial score (nSPS) is 20.6. The van der Waals surface area contributed by atoms with Crippen LogP contribution in [0.5, 0.6) is 0 Å². The van der Waals surface area contributed by atoms with E-state index in [0.29, 0.717) is 12.1 Å². The van der Waals surface area contributed by atoms with Crippen LogP contribution in [0.4, 0.5) is 0 Å². The number of nitrogens with zero attached hydrogens (tertiary/aromatic N) is 2. The maximum atomic E-state index is 12.4. The van der Waals surface area contributed by atoms with E-state index in [9.17, 15) is 9.90 Å². The standard InChI is InChI=1S/C34H37N3O4/c1-24-31(22-37(2)21-26-7-4-3-5-8-26)40-34(41-32(24)28-14-12-27(23-38)13-15-28)29-16-10-25(11-17-29)19-36-33(39)30-9-6-18-35-20-30/h3-18,20,24,31-32,34,38H,19,21-23H2,1-2H3,(H,36,39). The summed E-state index contributed by atoms with van der Waals surface area (Å²) in [6, 6.07) is 29.9. The predicted molar refractivity (Wildman–Crippen MR) is 158 cm³/mol. The largest absolute Gasteiger partial charge is 0.392 e. The van der Waals surface area contributed by atoms with Crippen molar-refractivity contribution in [2.24, 2.45) is 5.92 Å². The number of aliphatic hydroxyl groups excluding tert-OH is 1. The Morgan fingerprint density at radius 3 is 2.27 bits per heavy atom. The summed E-state index contributed by atoms with van der Waals surface area (Å²) in [4.78, 5) is 18.7. The Hall–Kier alpha value is -3.88. The Morgan fingerprint density at radius 2 is 1.59 bits per heavy atom. The average Bonchev–Trinajstić information content (AvgIpc) is 3.02. The van der Waals surface area contributed by atoms with Crippen LogP contribution in [0, 0.1) is 5.92 Å². The number of ether oxygens (including phenoxy) is 2. The van der Waals surface area contributed by atoms with Gasteiger partial charge in [-0.15, -0.1) is 0 Å². The minimum absolute atomic E-state index is 0.00897. The average molecular weight is 552 g/mol. The van der Waals surface area contributed by atoms with Crippen molar-refractivity contribution in [3.05, 3.63) is 137 Å². The number of nitrogens with one attached hydrogen (secondary N) is 1. The Labute approximate surface area is 241 Å². The fourth-order valence-electron chi connectivity index (χ4n) is 5.17. The summed E-state index contributed by atoms with van der Waals surface area (Å²) in [7, 11) is 2.12. The molecule has 0 spiro atoms. The zero-order chi connectivity index (χ0) is 28.6. The van der Waals surface area contributed by atoms with Gasteiger partial charge in [-0.25, -0.2) is 0 Å². The van der Waals surface area contributed by atoms with Crippen molar-refractivity contribution >= 4 is 5.91 Å². The number of carbonyl (C=O) groups excluding carboxylic acids is 1. The number of carbonyl (C=O) groups is 1. The third kappa shape index (κ3) is 7.45. The van der Waals surface area contributed by atoms with Gasteiger partial charge < -0.3 is 19.9 Å². The Kier molecular flexibility index (Phi) is 9.54. The lowest BCUT2D eigenvalue weighted by Crippen LogP contribution is -2.43. The number of amides is 1. The highest BCUT2D eigenvalue weighted by Gasteiger charge is 2.38. The van der Waals surface area contributed by atoms with Gasteiger partial charge in [-0.1, -0.05) is 85.8 Å². The highest BCUT2D eigenvalue weighted by Crippen LogP contribution is 2.41. The van der Waals surface area contributed by atoms with Crippen LogP contribution in [0.3, 0.4) is 0 Å². The fourth-order valence-corrected chi connectivity index (χ4v) is 5.17. The second kappa shape index (κ2) is 13.7. The van der Waals surface area contributed by atoms with E-state index in [1.54, 1.807) is 24.5 Å². The summed E-state index contributed by atoms with van der Waals surface area (Å²) in [6.07, 6.45) is 2.42. The number of likely N-dealkylation sites (N-methyl/N-ethyl adjacent to an activating group) is 1. The van der Waals surface area contributed by atoms with E-state index in [1.165, 1.54) is 5.56 Å². The summed E-state index contributed by atoms with van der Waals surface area (Å²) in [5.41, 5.74) is 5.62. The molecule has 1 aliphatic rings. The summed E-state index contributed by atoms with van der Waals surface area (Å²) >= 11 is 0. The molecule has 0 aliphatic carbocycles. The topological polar surface area (TPSA) is 83.9 Å². The number of rotatable bonds is 10. The van der Waals surface area contributed by atoms with Crippen LogP contribution in [0.25, 0.3) is 0 Å². The molecular formula is C34H37N3O4. The van der Waals surface area contributed by atoms with E-state index in [0.717, 1.165) is 35.3 Å². The van der Waals surface area contributed by atoms with E-state index in [1.807, 2.05) is 54.6 Å². The molecule has 4 unspecified atom stereocenters. The van der Waals surface area contributed by atoms with Crippen LogP contribution in [0.2, 0.25) is 0 Å². The third-order valence-corrected chi connectivity index (χ3v) is 7.54. The minimum atomic E-state index is -0.539. The van der Waals surface area contributed by atoms with Gasteiger partial charge in [0, 0.05) is 43.5 Å². The molecule has 0 saturated carbocycles. The monoisotopic (exact) mass is 551 g/mol. The summed E-state index contributed by atoms with van der Waals surface area (Å²) in [5.74, 6) is -0.0564. The zero-order valence-corrected chi connectivity index (χ0v) is 23.5.